The number of ether oxygens (including phenoxy) is 1. The van der Waals surface area contributed by atoms with Gasteiger partial charge < -0.3 is 15.0 Å². The van der Waals surface area contributed by atoms with Crippen LogP contribution < -0.4 is 15.0 Å². The molecule has 1 N–H and O–H groups in total. The zero-order chi connectivity index (χ0) is 20.2. The smallest absolute Gasteiger partial charge is 0.231 e. The maximum absolute atomic E-state index is 12.6. The lowest BCUT2D eigenvalue weighted by Gasteiger charge is -2.16. The van der Waals surface area contributed by atoms with E-state index in [0.717, 1.165) is 11.4 Å². The first-order valence-electron chi connectivity index (χ1n) is 8.95. The first-order valence-corrected chi connectivity index (χ1v) is 10.1. The van der Waals surface area contributed by atoms with Gasteiger partial charge in [-0.15, -0.1) is 10.2 Å². The van der Waals surface area contributed by atoms with Gasteiger partial charge >= 0.3 is 0 Å². The van der Waals surface area contributed by atoms with Crippen LogP contribution in [0.5, 0.6) is 5.75 Å². The molecule has 2 aromatic carbocycles. The van der Waals surface area contributed by atoms with E-state index in [9.17, 15) is 9.59 Å². The molecule has 3 aromatic rings. The van der Waals surface area contributed by atoms with Gasteiger partial charge in [-0.3, -0.25) is 9.59 Å². The van der Waals surface area contributed by atoms with Gasteiger partial charge in [0.2, 0.25) is 16.9 Å². The molecule has 7 nitrogen and oxygen atoms in total. The van der Waals surface area contributed by atoms with Gasteiger partial charge in [-0.2, -0.15) is 0 Å². The van der Waals surface area contributed by atoms with E-state index in [4.69, 9.17) is 16.3 Å². The number of carbonyl (C=O) groups excluding carboxylic acids is 2. The van der Waals surface area contributed by atoms with Crippen LogP contribution in [0.2, 0.25) is 5.02 Å². The Morgan fingerprint density at radius 3 is 2.69 bits per heavy atom. The molecular formula is C20H17ClN4O3S. The molecule has 0 bridgehead atoms. The highest BCUT2D eigenvalue weighted by Gasteiger charge is 2.35. The molecule has 0 aliphatic carbocycles. The number of hydrogen-bond donors (Lipinski definition) is 1. The fourth-order valence-corrected chi connectivity index (χ4v) is 3.77. The SMILES string of the molecule is O=C(Nc1nnc(COc2ccccc2)s1)[C@@H]1CC(=O)N(c2ccc(Cl)cc2)C1. The Labute approximate surface area is 176 Å². The fourth-order valence-electron chi connectivity index (χ4n) is 2.99. The van der Waals surface area contributed by atoms with Gasteiger partial charge in [-0.1, -0.05) is 41.1 Å². The number of benzene rings is 2. The molecule has 2 heterocycles. The fraction of sp³-hybridized carbons (Fsp3) is 0.200. The van der Waals surface area contributed by atoms with Gasteiger partial charge in [0.05, 0.1) is 5.92 Å². The molecule has 1 aliphatic heterocycles. The third kappa shape index (κ3) is 4.72. The second-order valence-corrected chi connectivity index (χ2v) is 7.97. The van der Waals surface area contributed by atoms with Crippen molar-refractivity contribution in [2.24, 2.45) is 5.92 Å². The zero-order valence-electron chi connectivity index (χ0n) is 15.2. The van der Waals surface area contributed by atoms with Crippen LogP contribution >= 0.6 is 22.9 Å². The number of para-hydroxylation sites is 1. The number of carbonyl (C=O) groups is 2. The molecule has 1 fully saturated rings. The Kier molecular flexibility index (Phi) is 5.73. The predicted octanol–water partition coefficient (Wildman–Crippen LogP) is 3.76. The van der Waals surface area contributed by atoms with E-state index in [1.165, 1.54) is 11.3 Å². The van der Waals surface area contributed by atoms with E-state index in [1.807, 2.05) is 30.3 Å². The summed E-state index contributed by atoms with van der Waals surface area (Å²) in [5.41, 5.74) is 0.728. The van der Waals surface area contributed by atoms with E-state index in [2.05, 4.69) is 15.5 Å². The first-order chi connectivity index (χ1) is 14.1. The first kappa shape index (κ1) is 19.4. The average Bonchev–Trinajstić information content (AvgIpc) is 3.34. The van der Waals surface area contributed by atoms with E-state index in [1.54, 1.807) is 29.2 Å². The number of hydrogen-bond acceptors (Lipinski definition) is 6. The molecule has 0 radical (unpaired) electrons. The Morgan fingerprint density at radius 1 is 1.17 bits per heavy atom. The topological polar surface area (TPSA) is 84.4 Å². The lowest BCUT2D eigenvalue weighted by atomic mass is 10.1. The number of amides is 2. The van der Waals surface area contributed by atoms with Crippen LogP contribution in [0, 0.1) is 5.92 Å². The molecule has 2 amide bonds. The standard InChI is InChI=1S/C20H17ClN4O3S/c21-14-6-8-15(9-7-14)25-11-13(10-18(25)26)19(27)22-20-24-23-17(29-20)12-28-16-4-2-1-3-5-16/h1-9,13H,10-12H2,(H,22,24,27)/t13-/m1/s1. The molecule has 148 valence electrons. The van der Waals surface area contributed by atoms with E-state index < -0.39 is 5.92 Å². The van der Waals surface area contributed by atoms with Crippen molar-refractivity contribution >= 4 is 45.6 Å². The average molecular weight is 429 g/mol. The molecule has 4 rings (SSSR count). The Morgan fingerprint density at radius 2 is 1.93 bits per heavy atom. The minimum absolute atomic E-state index is 0.0957. The van der Waals surface area contributed by atoms with Crippen LogP contribution in [0.1, 0.15) is 11.4 Å². The van der Waals surface area contributed by atoms with Crippen molar-refractivity contribution < 1.29 is 14.3 Å². The number of aromatic nitrogens is 2. The quantitative estimate of drug-likeness (QED) is 0.646. The van der Waals surface area contributed by atoms with E-state index in [0.29, 0.717) is 21.7 Å². The summed E-state index contributed by atoms with van der Waals surface area (Å²) < 4.78 is 5.63. The van der Waals surface area contributed by atoms with Crippen LogP contribution in [0.4, 0.5) is 10.8 Å². The molecule has 1 aliphatic rings. The van der Waals surface area contributed by atoms with Gasteiger partial charge in [0.25, 0.3) is 0 Å². The molecule has 1 saturated heterocycles. The van der Waals surface area contributed by atoms with Crippen LogP contribution in [0.3, 0.4) is 0 Å². The van der Waals surface area contributed by atoms with Gasteiger partial charge in [0.1, 0.15) is 12.4 Å². The second-order valence-electron chi connectivity index (χ2n) is 6.47. The summed E-state index contributed by atoms with van der Waals surface area (Å²) in [6.45, 7) is 0.582. The number of nitrogens with zero attached hydrogens (tertiary/aromatic N) is 3. The van der Waals surface area contributed by atoms with Crippen molar-refractivity contribution in [1.29, 1.82) is 0 Å². The highest BCUT2D eigenvalue weighted by molar-refractivity contribution is 7.15. The van der Waals surface area contributed by atoms with E-state index in [-0.39, 0.29) is 24.8 Å². The Balaban J connectivity index is 1.33. The van der Waals surface area contributed by atoms with Crippen LogP contribution in [-0.2, 0) is 16.2 Å². The highest BCUT2D eigenvalue weighted by Crippen LogP contribution is 2.27. The number of anilines is 2. The van der Waals surface area contributed by atoms with Gasteiger partial charge in [-0.25, -0.2) is 0 Å². The van der Waals surface area contributed by atoms with Crippen molar-refractivity contribution in [1.82, 2.24) is 10.2 Å². The molecule has 1 aromatic heterocycles. The summed E-state index contributed by atoms with van der Waals surface area (Å²) in [6, 6.07) is 16.4. The van der Waals surface area contributed by atoms with Crippen molar-refractivity contribution in [2.75, 3.05) is 16.8 Å². The second kappa shape index (κ2) is 8.59. The van der Waals surface area contributed by atoms with Crippen molar-refractivity contribution in [3.63, 3.8) is 0 Å². The molecule has 0 saturated carbocycles. The number of nitrogens with one attached hydrogen (secondary N) is 1. The lowest BCUT2D eigenvalue weighted by molar-refractivity contribution is -0.122. The monoisotopic (exact) mass is 428 g/mol. The molecule has 9 heteroatoms. The summed E-state index contributed by atoms with van der Waals surface area (Å²) in [5.74, 6) is -0.0608. The molecular weight excluding hydrogens is 412 g/mol. The van der Waals surface area contributed by atoms with Gasteiger partial charge in [0, 0.05) is 23.7 Å². The summed E-state index contributed by atoms with van der Waals surface area (Å²) >= 11 is 7.14. The zero-order valence-corrected chi connectivity index (χ0v) is 16.8. The summed E-state index contributed by atoms with van der Waals surface area (Å²) in [4.78, 5) is 26.5. The van der Waals surface area contributed by atoms with Crippen LogP contribution in [0.15, 0.2) is 54.6 Å². The van der Waals surface area contributed by atoms with E-state index >= 15 is 0 Å². The molecule has 29 heavy (non-hydrogen) atoms. The Hall–Kier alpha value is -2.97. The minimum Gasteiger partial charge on any atom is -0.486 e. The van der Waals surface area contributed by atoms with Crippen LogP contribution in [-0.4, -0.2) is 28.6 Å². The van der Waals surface area contributed by atoms with Crippen molar-refractivity contribution in [3.05, 3.63) is 64.6 Å². The Bertz CT molecular complexity index is 1010. The largest absolute Gasteiger partial charge is 0.486 e. The molecule has 0 unspecified atom stereocenters. The maximum atomic E-state index is 12.6. The predicted molar refractivity (Wildman–Crippen MR) is 111 cm³/mol. The summed E-state index contributed by atoms with van der Waals surface area (Å²) in [6.07, 6.45) is 0.150. The third-order valence-corrected chi connectivity index (χ3v) is 5.50. The summed E-state index contributed by atoms with van der Waals surface area (Å²) in [5, 5.41) is 12.4. The number of halogens is 1. The lowest BCUT2D eigenvalue weighted by Crippen LogP contribution is -2.28. The highest BCUT2D eigenvalue weighted by atomic mass is 35.5. The van der Waals surface area contributed by atoms with Gasteiger partial charge in [-0.05, 0) is 36.4 Å². The normalized spacial score (nSPS) is 16.1. The molecule has 0 spiro atoms. The van der Waals surface area contributed by atoms with Crippen LogP contribution in [0.25, 0.3) is 0 Å². The van der Waals surface area contributed by atoms with Crippen molar-refractivity contribution in [3.8, 4) is 5.75 Å². The third-order valence-electron chi connectivity index (χ3n) is 4.44. The van der Waals surface area contributed by atoms with Gasteiger partial charge in [0.15, 0.2) is 5.01 Å². The van der Waals surface area contributed by atoms with Crippen molar-refractivity contribution in [2.45, 2.75) is 13.0 Å². The molecule has 1 atom stereocenters. The maximum Gasteiger partial charge on any atom is 0.231 e. The number of rotatable bonds is 6. The summed E-state index contributed by atoms with van der Waals surface area (Å²) in [7, 11) is 0. The minimum atomic E-state index is -0.453.